The maximum absolute atomic E-state index is 13.6. The van der Waals surface area contributed by atoms with E-state index in [-0.39, 0.29) is 58.9 Å². The summed E-state index contributed by atoms with van der Waals surface area (Å²) in [4.78, 5) is 28.3. The smallest absolute Gasteiger partial charge is 0.258 e. The molecule has 1 aliphatic heterocycles. The number of anilines is 1. The molecule has 1 aromatic carbocycles. The number of aliphatic hydroxyl groups is 1. The average molecular weight is 564 g/mol. The molecule has 0 spiro atoms. The highest BCUT2D eigenvalue weighted by molar-refractivity contribution is 7.91. The Morgan fingerprint density at radius 2 is 1.97 bits per heavy atom. The van der Waals surface area contributed by atoms with Crippen molar-refractivity contribution in [3.63, 3.8) is 0 Å². The Kier molecular flexibility index (Phi) is 9.12. The van der Waals surface area contributed by atoms with Crippen LogP contribution < -0.4 is 10.1 Å². The van der Waals surface area contributed by atoms with Gasteiger partial charge < -0.3 is 20.1 Å². The van der Waals surface area contributed by atoms with Crippen LogP contribution in [0.3, 0.4) is 0 Å². The molecule has 2 heterocycles. The van der Waals surface area contributed by atoms with Gasteiger partial charge in [-0.15, -0.1) is 11.3 Å². The van der Waals surface area contributed by atoms with Crippen molar-refractivity contribution in [2.75, 3.05) is 32.1 Å². The molecule has 9 nitrogen and oxygen atoms in total. The number of aliphatic hydroxyl groups excluding tert-OH is 1. The number of benzene rings is 1. The number of likely N-dealkylation sites (N-methyl/N-ethyl adjacent to an activating group) is 1. The van der Waals surface area contributed by atoms with Gasteiger partial charge in [0.2, 0.25) is 5.91 Å². The molecule has 0 radical (unpaired) electrons. The van der Waals surface area contributed by atoms with Gasteiger partial charge in [0, 0.05) is 25.4 Å². The summed E-state index contributed by atoms with van der Waals surface area (Å²) in [5, 5.41) is 14.6. The van der Waals surface area contributed by atoms with Crippen LogP contribution in [0, 0.1) is 11.8 Å². The number of hydrogen-bond acceptors (Lipinski definition) is 7. The summed E-state index contributed by atoms with van der Waals surface area (Å²) in [5.41, 5.74) is 0.665. The summed E-state index contributed by atoms with van der Waals surface area (Å²) in [5.74, 6) is -0.537. The maximum atomic E-state index is 13.6. The van der Waals surface area contributed by atoms with Crippen LogP contribution in [0.4, 0.5) is 5.69 Å². The number of nitrogens with one attached hydrogen (secondary N) is 1. The lowest BCUT2D eigenvalue weighted by Crippen LogP contribution is -2.50. The predicted molar refractivity (Wildman–Crippen MR) is 147 cm³/mol. The molecule has 11 heteroatoms. The molecular formula is C27H37N3O6S2. The molecule has 208 valence electrons. The van der Waals surface area contributed by atoms with Gasteiger partial charge in [0.1, 0.15) is 10.3 Å². The number of thiophene rings is 1. The molecule has 1 aromatic heterocycles. The van der Waals surface area contributed by atoms with Gasteiger partial charge in [-0.1, -0.05) is 38.3 Å². The summed E-state index contributed by atoms with van der Waals surface area (Å²) >= 11 is 1.15. The number of sulfonamides is 1. The van der Waals surface area contributed by atoms with Crippen LogP contribution in [-0.4, -0.2) is 73.4 Å². The second-order valence-corrected chi connectivity index (χ2v) is 13.6. The zero-order valence-electron chi connectivity index (χ0n) is 22.1. The van der Waals surface area contributed by atoms with Crippen molar-refractivity contribution >= 4 is 38.9 Å². The number of nitrogens with zero attached hydrogens (tertiary/aromatic N) is 2. The number of amides is 2. The molecule has 2 aromatic rings. The molecule has 38 heavy (non-hydrogen) atoms. The minimum atomic E-state index is -3.72. The van der Waals surface area contributed by atoms with E-state index in [4.69, 9.17) is 4.74 Å². The van der Waals surface area contributed by atoms with E-state index < -0.39 is 22.2 Å². The van der Waals surface area contributed by atoms with Gasteiger partial charge in [0.15, 0.2) is 5.75 Å². The average Bonchev–Trinajstić information content (AvgIpc) is 3.47. The summed E-state index contributed by atoms with van der Waals surface area (Å²) in [6.07, 6.45) is 4.18. The first-order valence-electron chi connectivity index (χ1n) is 13.2. The summed E-state index contributed by atoms with van der Waals surface area (Å²) < 4.78 is 34.3. The van der Waals surface area contributed by atoms with Gasteiger partial charge in [0.05, 0.1) is 30.4 Å². The first-order chi connectivity index (χ1) is 18.1. The fourth-order valence-electron chi connectivity index (χ4n) is 5.07. The third kappa shape index (κ3) is 6.06. The van der Waals surface area contributed by atoms with Crippen molar-refractivity contribution in [3.8, 4) is 5.75 Å². The van der Waals surface area contributed by atoms with Gasteiger partial charge in [-0.05, 0) is 43.3 Å². The molecule has 2 aliphatic rings. The minimum absolute atomic E-state index is 0.0429. The number of fused-ring (bicyclic) bond motifs is 1. The number of carbonyl (C=O) groups excluding carboxylic acids is 2. The van der Waals surface area contributed by atoms with Crippen molar-refractivity contribution < 1.29 is 27.9 Å². The predicted octanol–water partition coefficient (Wildman–Crippen LogP) is 3.81. The number of ether oxygens (including phenoxy) is 1. The molecule has 0 unspecified atom stereocenters. The van der Waals surface area contributed by atoms with Crippen LogP contribution in [0.25, 0.3) is 0 Å². The SMILES string of the molecule is C[C@@H]1CN([C@H](C)CO)C(=O)c2cccc(NC(=O)C3CCCCC3)c2O[C@@H]1CN(C)S(=O)(=O)c1cccs1. The van der Waals surface area contributed by atoms with E-state index in [1.165, 1.54) is 11.4 Å². The lowest BCUT2D eigenvalue weighted by molar-refractivity contribution is -0.120. The van der Waals surface area contributed by atoms with Crippen LogP contribution in [0.2, 0.25) is 0 Å². The van der Waals surface area contributed by atoms with Crippen molar-refractivity contribution in [1.82, 2.24) is 9.21 Å². The van der Waals surface area contributed by atoms with Crippen LogP contribution in [0.15, 0.2) is 39.9 Å². The molecule has 1 aliphatic carbocycles. The molecule has 0 saturated heterocycles. The van der Waals surface area contributed by atoms with Crippen molar-refractivity contribution in [2.24, 2.45) is 11.8 Å². The van der Waals surface area contributed by atoms with Gasteiger partial charge >= 0.3 is 0 Å². The Morgan fingerprint density at radius 3 is 2.63 bits per heavy atom. The lowest BCUT2D eigenvalue weighted by atomic mass is 9.88. The molecule has 1 fully saturated rings. The highest BCUT2D eigenvalue weighted by atomic mass is 32.2. The molecule has 2 N–H and O–H groups in total. The van der Waals surface area contributed by atoms with Gasteiger partial charge in [-0.3, -0.25) is 9.59 Å². The van der Waals surface area contributed by atoms with Crippen LogP contribution in [0.5, 0.6) is 5.75 Å². The normalized spacial score (nSPS) is 21.8. The minimum Gasteiger partial charge on any atom is -0.486 e. The molecule has 2 amide bonds. The Hall–Kier alpha value is -2.47. The monoisotopic (exact) mass is 563 g/mol. The highest BCUT2D eigenvalue weighted by Crippen LogP contribution is 2.36. The second kappa shape index (κ2) is 12.1. The summed E-state index contributed by atoms with van der Waals surface area (Å²) in [7, 11) is -2.21. The Labute approximate surface area is 228 Å². The van der Waals surface area contributed by atoms with Gasteiger partial charge in [-0.25, -0.2) is 8.42 Å². The third-order valence-corrected chi connectivity index (χ3v) is 10.7. The largest absolute Gasteiger partial charge is 0.486 e. The van der Waals surface area contributed by atoms with E-state index in [9.17, 15) is 23.1 Å². The van der Waals surface area contributed by atoms with Crippen LogP contribution in [0.1, 0.15) is 56.3 Å². The number of carbonyl (C=O) groups is 2. The Balaban J connectivity index is 1.69. The maximum Gasteiger partial charge on any atom is 0.258 e. The standard InChI is InChI=1S/C27H37N3O6S2/c1-18-15-30(19(2)17-31)27(33)21-11-7-12-22(28-26(32)20-9-5-4-6-10-20)25(21)36-23(18)16-29(3)38(34,35)24-13-8-14-37-24/h7-8,11-14,18-20,23,31H,4-6,9-10,15-17H2,1-3H3,(H,28,32)/t18-,19-,23-/m1/s1. The van der Waals surface area contributed by atoms with Crippen LogP contribution >= 0.6 is 11.3 Å². The van der Waals surface area contributed by atoms with Gasteiger partial charge in [0.25, 0.3) is 15.9 Å². The number of rotatable bonds is 8. The quantitative estimate of drug-likeness (QED) is 0.505. The Bertz CT molecular complexity index is 1230. The van der Waals surface area contributed by atoms with E-state index >= 15 is 0 Å². The molecule has 4 rings (SSSR count). The topological polar surface area (TPSA) is 116 Å². The fourth-order valence-corrected chi connectivity index (χ4v) is 7.46. The lowest BCUT2D eigenvalue weighted by Gasteiger charge is -2.38. The number of hydrogen-bond donors (Lipinski definition) is 2. The molecular weight excluding hydrogens is 526 g/mol. The van der Waals surface area contributed by atoms with E-state index in [1.807, 2.05) is 6.92 Å². The number of para-hydroxylation sites is 1. The second-order valence-electron chi connectivity index (χ2n) is 10.3. The van der Waals surface area contributed by atoms with Crippen LogP contribution in [-0.2, 0) is 14.8 Å². The third-order valence-electron chi connectivity index (χ3n) is 7.52. The zero-order valence-corrected chi connectivity index (χ0v) is 23.8. The van der Waals surface area contributed by atoms with E-state index in [1.54, 1.807) is 47.5 Å². The van der Waals surface area contributed by atoms with Gasteiger partial charge in [-0.2, -0.15) is 4.31 Å². The van der Waals surface area contributed by atoms with Crippen molar-refractivity contribution in [2.45, 2.75) is 62.3 Å². The molecule has 1 saturated carbocycles. The molecule has 0 bridgehead atoms. The first-order valence-corrected chi connectivity index (χ1v) is 15.5. The zero-order chi connectivity index (χ0) is 27.4. The Morgan fingerprint density at radius 1 is 1.24 bits per heavy atom. The van der Waals surface area contributed by atoms with E-state index in [2.05, 4.69) is 5.32 Å². The van der Waals surface area contributed by atoms with Crippen molar-refractivity contribution in [3.05, 3.63) is 41.3 Å². The van der Waals surface area contributed by atoms with E-state index in [0.717, 1.165) is 43.4 Å². The van der Waals surface area contributed by atoms with Crippen molar-refractivity contribution in [1.29, 1.82) is 0 Å². The first kappa shape index (κ1) is 28.5. The molecule has 3 atom stereocenters. The highest BCUT2D eigenvalue weighted by Gasteiger charge is 2.36. The van der Waals surface area contributed by atoms with E-state index in [0.29, 0.717) is 5.69 Å². The fraction of sp³-hybridized carbons (Fsp3) is 0.556. The summed E-state index contributed by atoms with van der Waals surface area (Å²) in [6, 6.07) is 7.86. The summed E-state index contributed by atoms with van der Waals surface area (Å²) in [6.45, 7) is 3.76.